The number of carbonyl (C=O) groups excluding carboxylic acids is 1. The highest BCUT2D eigenvalue weighted by atomic mass is 35.5. The molecule has 0 bridgehead atoms. The third-order valence-corrected chi connectivity index (χ3v) is 4.32. The highest BCUT2D eigenvalue weighted by Crippen LogP contribution is 2.45. The van der Waals surface area contributed by atoms with Crippen molar-refractivity contribution in [2.45, 2.75) is 38.8 Å². The van der Waals surface area contributed by atoms with Crippen molar-refractivity contribution in [2.24, 2.45) is 10.7 Å². The lowest BCUT2D eigenvalue weighted by atomic mass is 10.1. The van der Waals surface area contributed by atoms with Gasteiger partial charge in [-0.1, -0.05) is 25.4 Å². The van der Waals surface area contributed by atoms with E-state index < -0.39 is 48.7 Å². The van der Waals surface area contributed by atoms with E-state index in [1.165, 1.54) is 13.1 Å². The monoisotopic (exact) mass is 501 g/mol. The van der Waals surface area contributed by atoms with Gasteiger partial charge in [0.1, 0.15) is 6.10 Å². The lowest BCUT2D eigenvalue weighted by Crippen LogP contribution is -2.18. The average Bonchev–Trinajstić information content (AvgIpc) is 3.41. The maximum Gasteiger partial charge on any atom is 0.333 e. The molecular weight excluding hydrogens is 480 g/mol. The molecule has 0 aliphatic heterocycles. The van der Waals surface area contributed by atoms with Gasteiger partial charge >= 0.3 is 6.55 Å². The summed E-state index contributed by atoms with van der Waals surface area (Å²) in [6.07, 6.45) is 0.692. The van der Waals surface area contributed by atoms with Crippen molar-refractivity contribution in [1.82, 2.24) is 9.78 Å². The summed E-state index contributed by atoms with van der Waals surface area (Å²) < 4.78 is 78.1. The molecule has 1 aromatic heterocycles. The van der Waals surface area contributed by atoms with Gasteiger partial charge in [-0.05, 0) is 18.1 Å². The SMILES string of the molecule is CC.CN=C(N)O[C@@H]1C[C@@H]1c1cc(NC(=O)c2nn(C(F)F)cc2Cl)cc(F)c1F.FCF. The number of carbonyl (C=O) groups is 1. The summed E-state index contributed by atoms with van der Waals surface area (Å²) in [5, 5.41) is 5.33. The molecule has 0 saturated heterocycles. The molecule has 1 aliphatic carbocycles. The van der Waals surface area contributed by atoms with Crippen LogP contribution >= 0.6 is 11.6 Å². The molecule has 1 saturated carbocycles. The Bertz CT molecular complexity index is 972. The van der Waals surface area contributed by atoms with Crippen molar-refractivity contribution in [2.75, 3.05) is 19.3 Å². The number of hydrogen-bond donors (Lipinski definition) is 2. The zero-order valence-corrected chi connectivity index (χ0v) is 18.5. The number of anilines is 1. The highest BCUT2D eigenvalue weighted by Gasteiger charge is 2.43. The summed E-state index contributed by atoms with van der Waals surface area (Å²) in [5.41, 5.74) is 4.86. The Morgan fingerprint density at radius 3 is 2.48 bits per heavy atom. The second kappa shape index (κ2) is 12.9. The van der Waals surface area contributed by atoms with Crippen LogP contribution in [0.25, 0.3) is 0 Å². The molecule has 1 fully saturated rings. The van der Waals surface area contributed by atoms with Gasteiger partial charge in [0, 0.05) is 24.7 Å². The summed E-state index contributed by atoms with van der Waals surface area (Å²) in [6.45, 7) is -0.736. The molecule has 14 heteroatoms. The van der Waals surface area contributed by atoms with Crippen LogP contribution in [-0.4, -0.2) is 41.8 Å². The number of nitrogens with one attached hydrogen (secondary N) is 1. The number of benzene rings is 1. The Morgan fingerprint density at radius 2 is 1.97 bits per heavy atom. The van der Waals surface area contributed by atoms with Gasteiger partial charge in [-0.2, -0.15) is 13.9 Å². The molecule has 1 amide bonds. The van der Waals surface area contributed by atoms with Crippen molar-refractivity contribution in [3.8, 4) is 0 Å². The van der Waals surface area contributed by atoms with Gasteiger partial charge in [0.05, 0.1) is 11.2 Å². The number of halogens is 7. The number of alkyl halides is 4. The molecule has 33 heavy (non-hydrogen) atoms. The normalized spacial score (nSPS) is 16.9. The molecule has 1 heterocycles. The number of rotatable bonds is 5. The van der Waals surface area contributed by atoms with Crippen LogP contribution in [0.15, 0.2) is 23.3 Å². The molecule has 184 valence electrons. The third kappa shape index (κ3) is 7.55. The van der Waals surface area contributed by atoms with Gasteiger partial charge in [-0.15, -0.1) is 0 Å². The van der Waals surface area contributed by atoms with Crippen LogP contribution in [0.1, 0.15) is 48.8 Å². The lowest BCUT2D eigenvalue weighted by molar-refractivity contribution is 0.0561. The van der Waals surface area contributed by atoms with E-state index >= 15 is 0 Å². The van der Waals surface area contributed by atoms with Crippen LogP contribution in [0.2, 0.25) is 5.02 Å². The molecule has 7 nitrogen and oxygen atoms in total. The van der Waals surface area contributed by atoms with Crippen LogP contribution in [0.3, 0.4) is 0 Å². The van der Waals surface area contributed by atoms with Gasteiger partial charge in [0.2, 0.25) is 6.93 Å². The number of amides is 1. The molecule has 1 aromatic carbocycles. The number of aromatic nitrogens is 2. The molecule has 3 rings (SSSR count). The van der Waals surface area contributed by atoms with Crippen LogP contribution in [0.5, 0.6) is 0 Å². The van der Waals surface area contributed by atoms with Gasteiger partial charge < -0.3 is 15.8 Å². The van der Waals surface area contributed by atoms with E-state index in [0.717, 1.165) is 12.3 Å². The van der Waals surface area contributed by atoms with Crippen molar-refractivity contribution in [3.05, 3.63) is 46.2 Å². The van der Waals surface area contributed by atoms with Crippen molar-refractivity contribution >= 4 is 29.2 Å². The fraction of sp³-hybridized carbons (Fsp3) is 0.421. The fourth-order valence-corrected chi connectivity index (χ4v) is 2.83. The minimum atomic E-state index is -2.99. The van der Waals surface area contributed by atoms with E-state index in [-0.39, 0.29) is 27.0 Å². The molecule has 3 N–H and O–H groups in total. The Kier molecular flexibility index (Phi) is 11.0. The average molecular weight is 502 g/mol. The van der Waals surface area contributed by atoms with Gasteiger partial charge in [0.25, 0.3) is 11.9 Å². The lowest BCUT2D eigenvalue weighted by Gasteiger charge is -2.10. The first-order valence-corrected chi connectivity index (χ1v) is 9.84. The van der Waals surface area contributed by atoms with Crippen LogP contribution < -0.4 is 11.1 Å². The topological polar surface area (TPSA) is 94.5 Å². The first-order chi connectivity index (χ1) is 15.6. The highest BCUT2D eigenvalue weighted by molar-refractivity contribution is 6.34. The Labute approximate surface area is 190 Å². The summed E-state index contributed by atoms with van der Waals surface area (Å²) in [6, 6.07) is 1.90. The minimum Gasteiger partial charge on any atom is -0.461 e. The summed E-state index contributed by atoms with van der Waals surface area (Å²) in [4.78, 5) is 15.8. The number of amidine groups is 1. The number of ether oxygens (including phenoxy) is 1. The Morgan fingerprint density at radius 1 is 1.36 bits per heavy atom. The molecule has 0 unspecified atom stereocenters. The van der Waals surface area contributed by atoms with E-state index in [1.54, 1.807) is 0 Å². The van der Waals surface area contributed by atoms with Crippen molar-refractivity contribution in [1.29, 1.82) is 0 Å². The predicted molar refractivity (Wildman–Crippen MR) is 111 cm³/mol. The summed E-state index contributed by atoms with van der Waals surface area (Å²) in [7, 11) is 1.42. The van der Waals surface area contributed by atoms with Crippen LogP contribution in [-0.2, 0) is 4.74 Å². The maximum absolute atomic E-state index is 14.2. The number of aliphatic imine (C=N–C) groups is 1. The zero-order chi connectivity index (χ0) is 25.3. The quantitative estimate of drug-likeness (QED) is 0.335. The first kappa shape index (κ1) is 28.1. The van der Waals surface area contributed by atoms with Crippen LogP contribution in [0.4, 0.5) is 32.0 Å². The van der Waals surface area contributed by atoms with E-state index in [4.69, 9.17) is 22.1 Å². The molecule has 2 atom stereocenters. The molecular formula is C19H22ClF6N5O2. The summed E-state index contributed by atoms with van der Waals surface area (Å²) in [5.74, 6) is -3.71. The van der Waals surface area contributed by atoms with Crippen molar-refractivity contribution in [3.63, 3.8) is 0 Å². The third-order valence-electron chi connectivity index (χ3n) is 4.04. The number of nitrogens with two attached hydrogens (primary N) is 1. The molecule has 0 radical (unpaired) electrons. The van der Waals surface area contributed by atoms with E-state index in [2.05, 4.69) is 15.4 Å². The van der Waals surface area contributed by atoms with Gasteiger partial charge in [-0.3, -0.25) is 4.79 Å². The van der Waals surface area contributed by atoms with Gasteiger partial charge in [-0.25, -0.2) is 27.2 Å². The second-order valence-electron chi connectivity index (χ2n) is 6.06. The summed E-state index contributed by atoms with van der Waals surface area (Å²) >= 11 is 5.73. The Hall–Kier alpha value is -2.96. The number of hydrogen-bond acceptors (Lipinski definition) is 4. The van der Waals surface area contributed by atoms with Gasteiger partial charge in [0.15, 0.2) is 17.3 Å². The molecule has 0 spiro atoms. The molecule has 1 aliphatic rings. The number of nitrogens with zero attached hydrogens (tertiary/aromatic N) is 3. The van der Waals surface area contributed by atoms with Crippen LogP contribution in [0, 0.1) is 11.6 Å². The standard InChI is InChI=1S/C16H14ClF4N5O2.C2H6.CH2F2/c1-23-16(22)28-11-4-7(11)8-2-6(3-10(18)12(8)19)24-14(27)13-9(17)5-26(25-13)15(20)21;1-2;2-1-3/h2-3,5,7,11,15H,4H2,1H3,(H2,22,23)(H,24,27);1-2H3;1H2/t7-,11-;;/m1../s1. The van der Waals surface area contributed by atoms with E-state index in [1.807, 2.05) is 13.8 Å². The van der Waals surface area contributed by atoms with Crippen molar-refractivity contribution < 1.29 is 35.9 Å². The first-order valence-electron chi connectivity index (χ1n) is 9.46. The molecule has 2 aromatic rings. The smallest absolute Gasteiger partial charge is 0.333 e. The largest absolute Gasteiger partial charge is 0.461 e. The fourth-order valence-electron chi connectivity index (χ4n) is 2.60. The van der Waals surface area contributed by atoms with E-state index in [0.29, 0.717) is 6.42 Å². The zero-order valence-electron chi connectivity index (χ0n) is 17.8. The second-order valence-corrected chi connectivity index (χ2v) is 6.47. The maximum atomic E-state index is 14.2. The predicted octanol–water partition coefficient (Wildman–Crippen LogP) is 5.19. The Balaban J connectivity index is 0.00000101. The van der Waals surface area contributed by atoms with E-state index in [9.17, 15) is 31.1 Å². The minimum absolute atomic E-state index is 0.0200.